The summed E-state index contributed by atoms with van der Waals surface area (Å²) in [5, 5.41) is 6.56. The van der Waals surface area contributed by atoms with Gasteiger partial charge in [0.2, 0.25) is 5.88 Å². The molecule has 0 aromatic carbocycles. The molecule has 0 bridgehead atoms. The first-order valence-corrected chi connectivity index (χ1v) is 7.75. The Morgan fingerprint density at radius 2 is 2.10 bits per heavy atom. The maximum atomic E-state index is 5.47. The summed E-state index contributed by atoms with van der Waals surface area (Å²) < 4.78 is 5.47. The van der Waals surface area contributed by atoms with Gasteiger partial charge in [-0.25, -0.2) is 9.98 Å². The number of aliphatic imine (C=N–C) groups is 1. The van der Waals surface area contributed by atoms with Crippen molar-refractivity contribution in [2.45, 2.75) is 40.7 Å². The molecule has 0 atom stereocenters. The second-order valence-corrected chi connectivity index (χ2v) is 5.32. The van der Waals surface area contributed by atoms with Gasteiger partial charge in [-0.3, -0.25) is 0 Å². The van der Waals surface area contributed by atoms with Gasteiger partial charge in [-0.2, -0.15) is 0 Å². The summed E-state index contributed by atoms with van der Waals surface area (Å²) in [6.45, 7) is 11.6. The van der Waals surface area contributed by atoms with E-state index in [9.17, 15) is 0 Å². The van der Waals surface area contributed by atoms with Gasteiger partial charge in [-0.05, 0) is 24.8 Å². The number of nitrogens with one attached hydrogen (secondary N) is 2. The van der Waals surface area contributed by atoms with Crippen LogP contribution in [0.5, 0.6) is 5.88 Å². The predicted octanol–water partition coefficient (Wildman–Crippen LogP) is 2.58. The fourth-order valence-electron chi connectivity index (χ4n) is 1.61. The lowest BCUT2D eigenvalue weighted by molar-refractivity contribution is 0.305. The van der Waals surface area contributed by atoms with Crippen LogP contribution < -0.4 is 15.4 Å². The number of rotatable bonds is 8. The van der Waals surface area contributed by atoms with Crippen LogP contribution in [0.25, 0.3) is 0 Å². The summed E-state index contributed by atoms with van der Waals surface area (Å²) >= 11 is 0. The number of hydrogen-bond donors (Lipinski definition) is 2. The molecule has 1 heterocycles. The van der Waals surface area contributed by atoms with E-state index in [4.69, 9.17) is 4.74 Å². The van der Waals surface area contributed by atoms with Gasteiger partial charge in [-0.1, -0.05) is 26.8 Å². The van der Waals surface area contributed by atoms with Crippen molar-refractivity contribution in [1.82, 2.24) is 15.6 Å². The fraction of sp³-hybridized carbons (Fsp3) is 0.625. The van der Waals surface area contributed by atoms with E-state index in [1.807, 2.05) is 18.3 Å². The highest BCUT2D eigenvalue weighted by molar-refractivity contribution is 5.79. The minimum atomic E-state index is 0.588. The number of aromatic nitrogens is 1. The Labute approximate surface area is 128 Å². The Morgan fingerprint density at radius 1 is 1.29 bits per heavy atom. The van der Waals surface area contributed by atoms with Crippen molar-refractivity contribution in [1.29, 1.82) is 0 Å². The van der Waals surface area contributed by atoms with Gasteiger partial charge in [0.1, 0.15) is 0 Å². The molecule has 2 N–H and O–H groups in total. The maximum absolute atomic E-state index is 5.47. The molecule has 118 valence electrons. The van der Waals surface area contributed by atoms with Gasteiger partial charge in [0, 0.05) is 25.4 Å². The Balaban J connectivity index is 2.54. The van der Waals surface area contributed by atoms with Crippen molar-refractivity contribution in [2.24, 2.45) is 10.9 Å². The van der Waals surface area contributed by atoms with Crippen LogP contribution in [0.4, 0.5) is 0 Å². The number of nitrogens with zero attached hydrogens (tertiary/aromatic N) is 2. The number of guanidine groups is 1. The summed E-state index contributed by atoms with van der Waals surface area (Å²) in [4.78, 5) is 8.84. The molecule has 0 amide bonds. The van der Waals surface area contributed by atoms with Crippen molar-refractivity contribution in [3.63, 3.8) is 0 Å². The molecule has 0 spiro atoms. The number of ether oxygens (including phenoxy) is 1. The van der Waals surface area contributed by atoms with Gasteiger partial charge >= 0.3 is 0 Å². The van der Waals surface area contributed by atoms with Gasteiger partial charge in [0.25, 0.3) is 0 Å². The lowest BCUT2D eigenvalue weighted by Crippen LogP contribution is -2.39. The zero-order valence-corrected chi connectivity index (χ0v) is 13.6. The largest absolute Gasteiger partial charge is 0.478 e. The molecule has 0 aliphatic rings. The average Bonchev–Trinajstić information content (AvgIpc) is 2.49. The van der Waals surface area contributed by atoms with E-state index >= 15 is 0 Å². The second kappa shape index (κ2) is 10.0. The van der Waals surface area contributed by atoms with Crippen LogP contribution in [0.1, 0.15) is 39.7 Å². The highest BCUT2D eigenvalue weighted by Gasteiger charge is 2.00. The molecule has 1 aromatic rings. The van der Waals surface area contributed by atoms with Crippen LogP contribution in [0.15, 0.2) is 23.3 Å². The number of hydrogen-bond acceptors (Lipinski definition) is 3. The van der Waals surface area contributed by atoms with Crippen molar-refractivity contribution in [3.05, 3.63) is 23.9 Å². The first-order chi connectivity index (χ1) is 10.2. The minimum absolute atomic E-state index is 0.588. The topological polar surface area (TPSA) is 58.5 Å². The Hall–Kier alpha value is -1.78. The van der Waals surface area contributed by atoms with Crippen molar-refractivity contribution >= 4 is 5.96 Å². The minimum Gasteiger partial charge on any atom is -0.478 e. The predicted molar refractivity (Wildman–Crippen MR) is 87.7 cm³/mol. The molecule has 0 aliphatic heterocycles. The quantitative estimate of drug-likeness (QED) is 0.571. The third kappa shape index (κ3) is 7.54. The third-order valence-corrected chi connectivity index (χ3v) is 2.69. The van der Waals surface area contributed by atoms with Crippen LogP contribution in [-0.2, 0) is 6.54 Å². The summed E-state index contributed by atoms with van der Waals surface area (Å²) in [5.41, 5.74) is 1.07. The zero-order valence-electron chi connectivity index (χ0n) is 13.6. The van der Waals surface area contributed by atoms with Gasteiger partial charge in [0.15, 0.2) is 5.96 Å². The van der Waals surface area contributed by atoms with E-state index in [-0.39, 0.29) is 0 Å². The molecule has 5 nitrogen and oxygen atoms in total. The monoisotopic (exact) mass is 292 g/mol. The lowest BCUT2D eigenvalue weighted by Gasteiger charge is -2.12. The van der Waals surface area contributed by atoms with E-state index in [0.29, 0.717) is 24.9 Å². The van der Waals surface area contributed by atoms with Gasteiger partial charge < -0.3 is 15.4 Å². The summed E-state index contributed by atoms with van der Waals surface area (Å²) in [7, 11) is 0. The molecule has 0 saturated carbocycles. The molecule has 0 fully saturated rings. The van der Waals surface area contributed by atoms with E-state index in [1.54, 1.807) is 0 Å². The first-order valence-electron chi connectivity index (χ1n) is 7.75. The maximum Gasteiger partial charge on any atom is 0.213 e. The summed E-state index contributed by atoms with van der Waals surface area (Å²) in [6.07, 6.45) is 2.81. The molecular weight excluding hydrogens is 264 g/mol. The standard InChI is InChI=1S/C16H28N4O/c1-5-9-21-15-8-7-14(11-18-15)12-20-16(17-6-2)19-10-13(3)4/h7-8,11,13H,5-6,9-10,12H2,1-4H3,(H2,17,19,20). The Bertz CT molecular complexity index is 415. The van der Waals surface area contributed by atoms with Gasteiger partial charge in [-0.15, -0.1) is 0 Å². The zero-order chi connectivity index (χ0) is 15.5. The number of pyridine rings is 1. The molecule has 0 saturated heterocycles. The van der Waals surface area contributed by atoms with E-state index in [0.717, 1.165) is 31.0 Å². The summed E-state index contributed by atoms with van der Waals surface area (Å²) in [5.74, 6) is 2.11. The molecule has 0 aliphatic carbocycles. The smallest absolute Gasteiger partial charge is 0.213 e. The molecule has 21 heavy (non-hydrogen) atoms. The molecule has 1 rings (SSSR count). The molecule has 5 heteroatoms. The Kier molecular flexibility index (Phi) is 8.24. The van der Waals surface area contributed by atoms with Gasteiger partial charge in [0.05, 0.1) is 13.2 Å². The Morgan fingerprint density at radius 3 is 2.67 bits per heavy atom. The van der Waals surface area contributed by atoms with E-state index in [1.165, 1.54) is 0 Å². The fourth-order valence-corrected chi connectivity index (χ4v) is 1.61. The van der Waals surface area contributed by atoms with Crippen molar-refractivity contribution in [3.8, 4) is 5.88 Å². The normalized spacial score (nSPS) is 11.6. The molecule has 1 aromatic heterocycles. The van der Waals surface area contributed by atoms with Crippen LogP contribution in [0, 0.1) is 5.92 Å². The van der Waals surface area contributed by atoms with Crippen LogP contribution in [-0.4, -0.2) is 30.6 Å². The molecule has 0 unspecified atom stereocenters. The molecular formula is C16H28N4O. The summed E-state index contributed by atoms with van der Waals surface area (Å²) in [6, 6.07) is 3.91. The van der Waals surface area contributed by atoms with E-state index < -0.39 is 0 Å². The first kappa shape index (κ1) is 17.3. The van der Waals surface area contributed by atoms with E-state index in [2.05, 4.69) is 48.3 Å². The molecule has 0 radical (unpaired) electrons. The second-order valence-electron chi connectivity index (χ2n) is 5.32. The highest BCUT2D eigenvalue weighted by Crippen LogP contribution is 2.08. The third-order valence-electron chi connectivity index (χ3n) is 2.69. The lowest BCUT2D eigenvalue weighted by atomic mass is 10.2. The van der Waals surface area contributed by atoms with Crippen LogP contribution >= 0.6 is 0 Å². The average molecular weight is 292 g/mol. The van der Waals surface area contributed by atoms with Crippen molar-refractivity contribution in [2.75, 3.05) is 19.7 Å². The van der Waals surface area contributed by atoms with Crippen LogP contribution in [0.2, 0.25) is 0 Å². The SMILES string of the molecule is CCCOc1ccc(CN=C(NCC)NCC(C)C)cn1. The highest BCUT2D eigenvalue weighted by atomic mass is 16.5. The van der Waals surface area contributed by atoms with Crippen LogP contribution in [0.3, 0.4) is 0 Å². The van der Waals surface area contributed by atoms with Crippen molar-refractivity contribution < 1.29 is 4.74 Å².